The molecule has 5 aromatic rings. The summed E-state index contributed by atoms with van der Waals surface area (Å²) in [5.41, 5.74) is 6.35. The summed E-state index contributed by atoms with van der Waals surface area (Å²) in [7, 11) is 0. The molecule has 2 aromatic heterocycles. The number of fused-ring (bicyclic) bond motifs is 7. The fraction of sp³-hybridized carbons (Fsp3) is 0.182. The monoisotopic (exact) mass is 314 g/mol. The van der Waals surface area contributed by atoms with Gasteiger partial charge in [0, 0.05) is 27.1 Å². The van der Waals surface area contributed by atoms with E-state index in [4.69, 9.17) is 8.83 Å². The van der Waals surface area contributed by atoms with Crippen LogP contribution >= 0.6 is 0 Å². The molecule has 0 aliphatic rings. The van der Waals surface area contributed by atoms with Gasteiger partial charge in [0.15, 0.2) is 0 Å². The Morgan fingerprint density at radius 3 is 2.21 bits per heavy atom. The lowest BCUT2D eigenvalue weighted by molar-refractivity contribution is 0.653. The molecule has 3 aromatic carbocycles. The number of aryl methyl sites for hydroxylation is 1. The van der Waals surface area contributed by atoms with Crippen LogP contribution in [0.4, 0.5) is 0 Å². The van der Waals surface area contributed by atoms with Crippen LogP contribution in [0, 0.1) is 6.92 Å². The minimum Gasteiger partial charge on any atom is -0.456 e. The van der Waals surface area contributed by atoms with Crippen molar-refractivity contribution in [2.24, 2.45) is 0 Å². The molecule has 118 valence electrons. The van der Waals surface area contributed by atoms with E-state index in [-0.39, 0.29) is 0 Å². The van der Waals surface area contributed by atoms with Crippen molar-refractivity contribution in [3.05, 3.63) is 59.7 Å². The van der Waals surface area contributed by atoms with Crippen molar-refractivity contribution < 1.29 is 8.83 Å². The molecule has 0 amide bonds. The average molecular weight is 314 g/mol. The minimum atomic E-state index is 0.422. The van der Waals surface area contributed by atoms with Gasteiger partial charge in [-0.2, -0.15) is 0 Å². The molecule has 0 fully saturated rings. The zero-order chi connectivity index (χ0) is 16.4. The second-order valence-electron chi connectivity index (χ2n) is 6.84. The summed E-state index contributed by atoms with van der Waals surface area (Å²) in [5, 5.41) is 4.64. The molecule has 0 N–H and O–H groups in total. The summed E-state index contributed by atoms with van der Waals surface area (Å²) in [6.45, 7) is 6.60. The molecule has 2 heterocycles. The summed E-state index contributed by atoms with van der Waals surface area (Å²) < 4.78 is 12.3. The highest BCUT2D eigenvalue weighted by atomic mass is 16.3. The van der Waals surface area contributed by atoms with Gasteiger partial charge >= 0.3 is 0 Å². The van der Waals surface area contributed by atoms with E-state index in [9.17, 15) is 0 Å². The zero-order valence-electron chi connectivity index (χ0n) is 14.0. The van der Waals surface area contributed by atoms with E-state index in [0.29, 0.717) is 5.92 Å². The van der Waals surface area contributed by atoms with Crippen molar-refractivity contribution in [3.8, 4) is 0 Å². The van der Waals surface area contributed by atoms with E-state index >= 15 is 0 Å². The normalized spacial score (nSPS) is 12.3. The van der Waals surface area contributed by atoms with Gasteiger partial charge in [-0.3, -0.25) is 0 Å². The zero-order valence-corrected chi connectivity index (χ0v) is 14.0. The molecule has 0 unspecified atom stereocenters. The summed E-state index contributed by atoms with van der Waals surface area (Å²) >= 11 is 0. The number of hydrogen-bond acceptors (Lipinski definition) is 2. The number of hydrogen-bond donors (Lipinski definition) is 0. The molecule has 0 saturated heterocycles. The van der Waals surface area contributed by atoms with Gasteiger partial charge in [-0.15, -0.1) is 0 Å². The van der Waals surface area contributed by atoms with Gasteiger partial charge in [-0.25, -0.2) is 0 Å². The Balaban J connectivity index is 2.08. The van der Waals surface area contributed by atoms with Gasteiger partial charge in [0.05, 0.1) is 0 Å². The van der Waals surface area contributed by atoms with Crippen LogP contribution in [0.1, 0.15) is 30.9 Å². The van der Waals surface area contributed by atoms with Crippen LogP contribution in [0.15, 0.2) is 57.4 Å². The Bertz CT molecular complexity index is 1240. The third-order valence-electron chi connectivity index (χ3n) is 4.98. The van der Waals surface area contributed by atoms with E-state index in [0.717, 1.165) is 38.5 Å². The molecule has 0 atom stereocenters. The van der Waals surface area contributed by atoms with Gasteiger partial charge in [-0.05, 0) is 36.6 Å². The fourth-order valence-corrected chi connectivity index (χ4v) is 3.98. The maximum Gasteiger partial charge on any atom is 0.139 e. The minimum absolute atomic E-state index is 0.422. The van der Waals surface area contributed by atoms with Crippen molar-refractivity contribution in [1.82, 2.24) is 0 Å². The Morgan fingerprint density at radius 2 is 1.42 bits per heavy atom. The first-order valence-electron chi connectivity index (χ1n) is 8.41. The number of rotatable bonds is 1. The predicted octanol–water partition coefficient (Wildman–Crippen LogP) is 6.92. The van der Waals surface area contributed by atoms with E-state index in [1.165, 1.54) is 16.5 Å². The molecule has 0 spiro atoms. The first-order chi connectivity index (χ1) is 11.6. The lowest BCUT2D eigenvalue weighted by atomic mass is 9.95. The number of benzene rings is 3. The highest BCUT2D eigenvalue weighted by Crippen LogP contribution is 2.42. The van der Waals surface area contributed by atoms with Gasteiger partial charge in [-0.1, -0.05) is 44.2 Å². The first kappa shape index (κ1) is 13.7. The van der Waals surface area contributed by atoms with E-state index in [1.807, 2.05) is 24.3 Å². The summed E-state index contributed by atoms with van der Waals surface area (Å²) in [6.07, 6.45) is 0. The largest absolute Gasteiger partial charge is 0.456 e. The molecular weight excluding hydrogens is 296 g/mol. The second-order valence-corrected chi connectivity index (χ2v) is 6.84. The van der Waals surface area contributed by atoms with Crippen LogP contribution < -0.4 is 0 Å². The lowest BCUT2D eigenvalue weighted by Gasteiger charge is -2.09. The molecule has 0 saturated carbocycles. The van der Waals surface area contributed by atoms with Crippen molar-refractivity contribution in [3.63, 3.8) is 0 Å². The molecule has 0 bridgehead atoms. The second kappa shape index (κ2) is 4.64. The maximum atomic E-state index is 6.31. The van der Waals surface area contributed by atoms with Gasteiger partial charge in [0.1, 0.15) is 22.3 Å². The number of para-hydroxylation sites is 1. The molecule has 0 aliphatic heterocycles. The van der Waals surface area contributed by atoms with Crippen LogP contribution in [0.2, 0.25) is 0 Å². The van der Waals surface area contributed by atoms with Crippen LogP contribution in [-0.2, 0) is 0 Å². The first-order valence-corrected chi connectivity index (χ1v) is 8.41. The molecule has 24 heavy (non-hydrogen) atoms. The van der Waals surface area contributed by atoms with Crippen molar-refractivity contribution >= 4 is 43.9 Å². The Kier molecular flexibility index (Phi) is 2.64. The third-order valence-corrected chi connectivity index (χ3v) is 4.98. The topological polar surface area (TPSA) is 26.3 Å². The number of furan rings is 2. The van der Waals surface area contributed by atoms with Crippen LogP contribution in [0.25, 0.3) is 43.9 Å². The van der Waals surface area contributed by atoms with Gasteiger partial charge < -0.3 is 8.83 Å². The Morgan fingerprint density at radius 1 is 0.708 bits per heavy atom. The quantitative estimate of drug-likeness (QED) is 0.336. The molecule has 2 heteroatoms. The summed E-state index contributed by atoms with van der Waals surface area (Å²) in [4.78, 5) is 0. The molecule has 2 nitrogen and oxygen atoms in total. The summed E-state index contributed by atoms with van der Waals surface area (Å²) in [5.74, 6) is 0.422. The SMILES string of the molecule is Cc1ccc2c(oc3ccc4oc5ccccc5c4c32)c1C(C)C. The van der Waals surface area contributed by atoms with E-state index in [1.54, 1.807) is 0 Å². The molecular formula is C22H18O2. The standard InChI is InChI=1S/C22H18O2/c1-12(2)19-13(3)8-9-15-21-18(24-22(15)19)11-10-17-20(21)14-6-4-5-7-16(14)23-17/h4-12H,1-3H3. The maximum absolute atomic E-state index is 6.31. The molecule has 0 aliphatic carbocycles. The van der Waals surface area contributed by atoms with Gasteiger partial charge in [0.25, 0.3) is 0 Å². The highest BCUT2D eigenvalue weighted by Gasteiger charge is 2.19. The van der Waals surface area contributed by atoms with Gasteiger partial charge in [0.2, 0.25) is 0 Å². The van der Waals surface area contributed by atoms with E-state index in [2.05, 4.69) is 45.0 Å². The molecule has 0 radical (unpaired) electrons. The average Bonchev–Trinajstić information content (AvgIpc) is 3.11. The van der Waals surface area contributed by atoms with Crippen molar-refractivity contribution in [1.29, 1.82) is 0 Å². The predicted molar refractivity (Wildman–Crippen MR) is 99.8 cm³/mol. The fourth-order valence-electron chi connectivity index (χ4n) is 3.98. The smallest absolute Gasteiger partial charge is 0.139 e. The third kappa shape index (κ3) is 1.66. The van der Waals surface area contributed by atoms with E-state index < -0.39 is 0 Å². The summed E-state index contributed by atoms with van der Waals surface area (Å²) in [6, 6.07) is 16.6. The van der Waals surface area contributed by atoms with Crippen molar-refractivity contribution in [2.75, 3.05) is 0 Å². The van der Waals surface area contributed by atoms with Crippen LogP contribution in [0.5, 0.6) is 0 Å². The van der Waals surface area contributed by atoms with Crippen LogP contribution in [-0.4, -0.2) is 0 Å². The Hall–Kier alpha value is -2.74. The highest BCUT2D eigenvalue weighted by molar-refractivity contribution is 6.25. The van der Waals surface area contributed by atoms with Crippen molar-refractivity contribution in [2.45, 2.75) is 26.7 Å². The lowest BCUT2D eigenvalue weighted by Crippen LogP contribution is -1.92. The Labute approximate surface area is 139 Å². The molecule has 5 rings (SSSR count). The van der Waals surface area contributed by atoms with Crippen LogP contribution in [0.3, 0.4) is 0 Å².